The minimum Gasteiger partial charge on any atom is -0.443 e. The lowest BCUT2D eigenvalue weighted by Crippen LogP contribution is -2.44. The van der Waals surface area contributed by atoms with E-state index in [9.17, 15) is 18.4 Å². The molecule has 0 aliphatic rings. The third kappa shape index (κ3) is 11.7. The summed E-state index contributed by atoms with van der Waals surface area (Å²) < 4.78 is 51.4. The Morgan fingerprint density at radius 2 is 1.15 bits per heavy atom. The van der Waals surface area contributed by atoms with E-state index in [4.69, 9.17) is 24.3 Å². The minimum atomic E-state index is -1.02. The van der Waals surface area contributed by atoms with Gasteiger partial charge in [0, 0.05) is 36.3 Å². The van der Waals surface area contributed by atoms with Crippen LogP contribution in [0.5, 0.6) is 0 Å². The highest BCUT2D eigenvalue weighted by molar-refractivity contribution is 9.10. The van der Waals surface area contributed by atoms with Gasteiger partial charge < -0.3 is 34.9 Å². The Bertz CT molecular complexity index is 2460. The van der Waals surface area contributed by atoms with E-state index < -0.39 is 29.2 Å². The molecule has 0 saturated carbocycles. The van der Waals surface area contributed by atoms with Gasteiger partial charge in [0.25, 0.3) is 0 Å². The molecule has 2 aromatic carbocycles. The van der Waals surface area contributed by atoms with Crippen molar-refractivity contribution in [1.29, 1.82) is 0 Å². The minimum absolute atomic E-state index is 0.0166. The Hall–Kier alpha value is -5.70. The van der Waals surface area contributed by atoms with Gasteiger partial charge in [-0.25, -0.2) is 38.3 Å². The number of nitrogen functional groups attached to an aromatic ring is 1. The summed E-state index contributed by atoms with van der Waals surface area (Å²) in [5, 5.41) is 13.8. The maximum Gasteiger partial charge on any atom is 0.425 e. The van der Waals surface area contributed by atoms with Gasteiger partial charge in [-0.2, -0.15) is 4.90 Å². The molecule has 2 amide bonds. The summed E-state index contributed by atoms with van der Waals surface area (Å²) in [6.45, 7) is 11.0. The predicted molar refractivity (Wildman–Crippen MR) is 226 cm³/mol. The van der Waals surface area contributed by atoms with Crippen molar-refractivity contribution in [1.82, 2.24) is 40.9 Å². The monoisotopic (exact) mass is 954 g/mol. The zero-order valence-corrected chi connectivity index (χ0v) is 37.0. The molecule has 0 aliphatic carbocycles. The summed E-state index contributed by atoms with van der Waals surface area (Å²) >= 11 is 6.47. The average molecular weight is 957 g/mol. The lowest BCUT2D eigenvalue weighted by Gasteiger charge is -2.28. The lowest BCUT2D eigenvalue weighted by atomic mass is 10.1. The zero-order chi connectivity index (χ0) is 43.9. The number of amides is 2. The smallest absolute Gasteiger partial charge is 0.425 e. The molecule has 4 N–H and O–H groups in total. The number of imide groups is 1. The Morgan fingerprint density at radius 1 is 0.717 bits per heavy atom. The summed E-state index contributed by atoms with van der Waals surface area (Å²) in [4.78, 5) is 43.7. The first kappa shape index (κ1) is 45.4. The van der Waals surface area contributed by atoms with Crippen LogP contribution in [0.3, 0.4) is 0 Å². The number of carbonyl (C=O) groups is 2. The van der Waals surface area contributed by atoms with E-state index in [0.29, 0.717) is 49.9 Å². The molecule has 0 bridgehead atoms. The third-order valence-corrected chi connectivity index (χ3v) is 8.49. The first-order chi connectivity index (χ1) is 28.3. The molecule has 4 aromatic heterocycles. The van der Waals surface area contributed by atoms with Gasteiger partial charge in [0.1, 0.15) is 43.4 Å². The molecule has 0 aliphatic heterocycles. The van der Waals surface area contributed by atoms with E-state index in [-0.39, 0.29) is 40.2 Å². The van der Waals surface area contributed by atoms with Crippen LogP contribution < -0.4 is 21.3 Å². The number of hydrogen-bond donors (Lipinski definition) is 3. The number of nitrogens with zero attached hydrogens (tertiary/aromatic N) is 7. The molecule has 20 heteroatoms. The predicted octanol–water partition coefficient (Wildman–Crippen LogP) is 9.10. The highest BCUT2D eigenvalue weighted by Crippen LogP contribution is 2.35. The first-order valence-electron chi connectivity index (χ1n) is 18.1. The summed E-state index contributed by atoms with van der Waals surface area (Å²) in [6, 6.07) is 12.7. The van der Waals surface area contributed by atoms with Crippen molar-refractivity contribution in [3.05, 3.63) is 92.9 Å². The summed E-state index contributed by atoms with van der Waals surface area (Å²) in [5.74, 6) is -0.497. The SMILES string of the molecule is CNCc1ccc(-c2cc(-c3nc(Br)cnc3N(C(=O)OC(C)(C)C)C(=O)OC(C)(C)C)on2)c(F)c1.CNCc1ccc(-c2cc(-c3nc(Br)cnc3N)on2)c(F)c1. The molecule has 0 atom stereocenters. The van der Waals surface area contributed by atoms with Crippen molar-refractivity contribution in [2.45, 2.75) is 65.8 Å². The van der Waals surface area contributed by atoms with E-state index in [1.54, 1.807) is 79.9 Å². The molecule has 6 aromatic rings. The van der Waals surface area contributed by atoms with Gasteiger partial charge in [0.15, 0.2) is 34.5 Å². The number of halogens is 4. The number of ether oxygens (including phenoxy) is 2. The van der Waals surface area contributed by atoms with Crippen LogP contribution in [0.25, 0.3) is 45.4 Å². The van der Waals surface area contributed by atoms with Crippen LogP contribution >= 0.6 is 31.9 Å². The van der Waals surface area contributed by atoms with E-state index in [1.807, 2.05) is 6.07 Å². The molecule has 6 rings (SSSR count). The van der Waals surface area contributed by atoms with Crippen molar-refractivity contribution < 1.29 is 36.9 Å². The number of nitrogens with one attached hydrogen (secondary N) is 2. The molecular weight excluding hydrogens is 914 g/mol. The summed E-state index contributed by atoms with van der Waals surface area (Å²) in [6.07, 6.45) is 0.741. The molecule has 0 saturated heterocycles. The Morgan fingerprint density at radius 3 is 1.58 bits per heavy atom. The largest absolute Gasteiger partial charge is 0.443 e. The molecular formula is C40H42Br2F2N10O6. The molecule has 0 radical (unpaired) electrons. The number of benzene rings is 2. The van der Waals surface area contributed by atoms with Crippen molar-refractivity contribution in [3.8, 4) is 45.4 Å². The normalized spacial score (nSPS) is 11.5. The maximum absolute atomic E-state index is 14.8. The molecule has 60 heavy (non-hydrogen) atoms. The highest BCUT2D eigenvalue weighted by atomic mass is 79.9. The maximum atomic E-state index is 14.8. The Balaban J connectivity index is 0.000000253. The standard InChI is InChI=1S/C25H29BrFN5O5.C15H13BrFN5O/c1-24(2,3)35-22(33)32(23(34)36-25(4,5)6)21-20(30-19(26)13-29-21)18-11-17(31-37-18)15-9-8-14(12-28-7)10-16(15)27;1-19-6-8-2-3-9(10(17)4-8)11-5-12(23-22-11)14-15(18)20-7-13(16)21-14/h8-11,13,28H,12H2,1-7H3;2-5,7,19H,6H2,1H3,(H2,18,20). The van der Waals surface area contributed by atoms with Crippen LogP contribution in [-0.4, -0.2) is 67.7 Å². The summed E-state index contributed by atoms with van der Waals surface area (Å²) in [7, 11) is 3.57. The van der Waals surface area contributed by atoms with Crippen molar-refractivity contribution in [3.63, 3.8) is 0 Å². The second-order valence-electron chi connectivity index (χ2n) is 14.9. The van der Waals surface area contributed by atoms with E-state index in [1.165, 1.54) is 30.6 Å². The van der Waals surface area contributed by atoms with Crippen LogP contribution in [-0.2, 0) is 22.6 Å². The topological polar surface area (TPSA) is 210 Å². The number of aromatic nitrogens is 6. The Labute approximate surface area is 360 Å². The van der Waals surface area contributed by atoms with E-state index in [2.05, 4.69) is 72.7 Å². The fraction of sp³-hybridized carbons (Fsp3) is 0.300. The quantitative estimate of drug-likeness (QED) is 0.123. The summed E-state index contributed by atoms with van der Waals surface area (Å²) in [5.41, 5.74) is 7.01. The Kier molecular flexibility index (Phi) is 14.5. The molecule has 16 nitrogen and oxygen atoms in total. The van der Waals surface area contributed by atoms with Gasteiger partial charge in [0.05, 0.1) is 12.4 Å². The highest BCUT2D eigenvalue weighted by Gasteiger charge is 2.37. The molecule has 4 heterocycles. The number of anilines is 2. The second kappa shape index (κ2) is 19.1. The van der Waals surface area contributed by atoms with Gasteiger partial charge in [-0.1, -0.05) is 22.4 Å². The van der Waals surface area contributed by atoms with Crippen LogP contribution in [0.1, 0.15) is 52.7 Å². The number of nitrogens with two attached hydrogens (primary N) is 1. The molecule has 0 spiro atoms. The van der Waals surface area contributed by atoms with Crippen molar-refractivity contribution in [2.75, 3.05) is 24.7 Å². The molecule has 316 valence electrons. The van der Waals surface area contributed by atoms with Gasteiger partial charge in [-0.05, 0) is 123 Å². The average Bonchev–Trinajstić information content (AvgIpc) is 3.84. The van der Waals surface area contributed by atoms with Gasteiger partial charge in [-0.15, -0.1) is 0 Å². The van der Waals surface area contributed by atoms with Gasteiger partial charge in [0.2, 0.25) is 0 Å². The van der Waals surface area contributed by atoms with E-state index >= 15 is 0 Å². The van der Waals surface area contributed by atoms with E-state index in [0.717, 1.165) is 11.1 Å². The number of rotatable bonds is 9. The zero-order valence-electron chi connectivity index (χ0n) is 33.9. The van der Waals surface area contributed by atoms with Crippen LogP contribution in [0.15, 0.2) is 79.2 Å². The fourth-order valence-corrected chi connectivity index (χ4v) is 5.86. The lowest BCUT2D eigenvalue weighted by molar-refractivity contribution is 0.0429. The third-order valence-electron chi connectivity index (χ3n) is 7.73. The van der Waals surface area contributed by atoms with Gasteiger partial charge in [-0.3, -0.25) is 0 Å². The van der Waals surface area contributed by atoms with Gasteiger partial charge >= 0.3 is 12.2 Å². The fourth-order valence-electron chi connectivity index (χ4n) is 5.30. The number of hydrogen-bond acceptors (Lipinski definition) is 15. The first-order valence-corrected chi connectivity index (χ1v) is 19.7. The van der Waals surface area contributed by atoms with Crippen LogP contribution in [0.4, 0.5) is 30.0 Å². The number of carbonyl (C=O) groups excluding carboxylic acids is 2. The van der Waals surface area contributed by atoms with Crippen molar-refractivity contribution in [2.24, 2.45) is 0 Å². The van der Waals surface area contributed by atoms with Crippen LogP contribution in [0.2, 0.25) is 0 Å². The molecule has 0 unspecified atom stereocenters. The van der Waals surface area contributed by atoms with Crippen molar-refractivity contribution >= 4 is 55.7 Å². The molecule has 0 fully saturated rings. The second-order valence-corrected chi connectivity index (χ2v) is 16.6. The van der Waals surface area contributed by atoms with Crippen LogP contribution in [0, 0.1) is 11.6 Å².